The summed E-state index contributed by atoms with van der Waals surface area (Å²) in [6, 6.07) is 7.33. The highest BCUT2D eigenvalue weighted by molar-refractivity contribution is 6.29. The van der Waals surface area contributed by atoms with E-state index in [9.17, 15) is 9.90 Å². The number of anilines is 1. The molecule has 150 valence electrons. The Kier molecular flexibility index (Phi) is 4.27. The fourth-order valence-corrected chi connectivity index (χ4v) is 3.69. The van der Waals surface area contributed by atoms with Crippen molar-refractivity contribution in [2.45, 2.75) is 26.2 Å². The Morgan fingerprint density at radius 2 is 1.97 bits per heavy atom. The number of rotatable bonds is 2. The number of fused-ring (bicyclic) bond motifs is 3. The molecule has 0 aliphatic rings. The third-order valence-corrected chi connectivity index (χ3v) is 5.05. The van der Waals surface area contributed by atoms with Crippen LogP contribution in [0.5, 0.6) is 0 Å². The Bertz CT molecular complexity index is 1270. The van der Waals surface area contributed by atoms with Crippen LogP contribution in [-0.2, 0) is 12.5 Å². The van der Waals surface area contributed by atoms with Gasteiger partial charge in [-0.1, -0.05) is 38.4 Å². The quantitative estimate of drug-likeness (QED) is 0.469. The van der Waals surface area contributed by atoms with Crippen LogP contribution in [0.1, 0.15) is 26.6 Å². The zero-order valence-corrected chi connectivity index (χ0v) is 17.5. The first-order chi connectivity index (χ1) is 13.6. The number of nitrogens with zero attached hydrogens (tertiary/aromatic N) is 5. The SMILES string of the molecule is CN(C(=O)O)c1nc2[nH]c(-c3cccc(Cl)n3)cc2c2c1nc(C(C)(C)C)n2C. The monoisotopic (exact) mass is 412 g/mol. The van der Waals surface area contributed by atoms with E-state index in [1.807, 2.05) is 29.8 Å². The van der Waals surface area contributed by atoms with Crippen LogP contribution in [0.4, 0.5) is 10.6 Å². The van der Waals surface area contributed by atoms with E-state index >= 15 is 0 Å². The standard InChI is InChI=1S/C20H21ClN6O2/c1-20(2,3)18-24-14-15(26(18)4)10-9-12(11-7-6-8-13(21)22-11)23-16(10)25-17(14)27(5)19(28)29/h6-9H,1-5H3,(H,23,25)(H,28,29). The second-order valence-corrected chi connectivity index (χ2v) is 8.40. The summed E-state index contributed by atoms with van der Waals surface area (Å²) in [5, 5.41) is 10.8. The fourth-order valence-electron chi connectivity index (χ4n) is 3.53. The maximum atomic E-state index is 11.6. The highest BCUT2D eigenvalue weighted by Crippen LogP contribution is 2.36. The molecule has 4 heterocycles. The molecule has 4 rings (SSSR count). The third-order valence-electron chi connectivity index (χ3n) is 4.84. The van der Waals surface area contributed by atoms with Crippen molar-refractivity contribution < 1.29 is 9.90 Å². The van der Waals surface area contributed by atoms with Gasteiger partial charge in [0.05, 0.1) is 16.9 Å². The lowest BCUT2D eigenvalue weighted by atomic mass is 9.96. The van der Waals surface area contributed by atoms with Crippen molar-refractivity contribution in [2.75, 3.05) is 11.9 Å². The second kappa shape index (κ2) is 6.45. The minimum absolute atomic E-state index is 0.229. The molecule has 0 saturated heterocycles. The van der Waals surface area contributed by atoms with Crippen molar-refractivity contribution in [1.29, 1.82) is 0 Å². The van der Waals surface area contributed by atoms with Crippen LogP contribution in [0, 0.1) is 0 Å². The van der Waals surface area contributed by atoms with Crippen molar-refractivity contribution in [2.24, 2.45) is 7.05 Å². The second-order valence-electron chi connectivity index (χ2n) is 8.01. The molecule has 1 amide bonds. The molecule has 4 aromatic heterocycles. The number of carboxylic acid groups (broad SMARTS) is 1. The van der Waals surface area contributed by atoms with Gasteiger partial charge in [0, 0.05) is 24.9 Å². The van der Waals surface area contributed by atoms with Gasteiger partial charge < -0.3 is 14.7 Å². The van der Waals surface area contributed by atoms with E-state index in [4.69, 9.17) is 16.6 Å². The summed E-state index contributed by atoms with van der Waals surface area (Å²) >= 11 is 6.04. The number of halogens is 1. The number of H-pyrrole nitrogens is 1. The first-order valence-electron chi connectivity index (χ1n) is 9.07. The fraction of sp³-hybridized carbons (Fsp3) is 0.300. The number of carbonyl (C=O) groups is 1. The van der Waals surface area contributed by atoms with Gasteiger partial charge in [-0.15, -0.1) is 0 Å². The molecule has 0 aliphatic carbocycles. The predicted molar refractivity (Wildman–Crippen MR) is 114 cm³/mol. The summed E-state index contributed by atoms with van der Waals surface area (Å²) in [6.07, 6.45) is -1.11. The van der Waals surface area contributed by atoms with Gasteiger partial charge >= 0.3 is 6.09 Å². The molecule has 0 spiro atoms. The van der Waals surface area contributed by atoms with E-state index in [1.165, 1.54) is 7.05 Å². The molecule has 2 N–H and O–H groups in total. The lowest BCUT2D eigenvalue weighted by molar-refractivity contribution is 0.203. The number of hydrogen-bond acceptors (Lipinski definition) is 4. The molecule has 0 unspecified atom stereocenters. The Labute approximate surface area is 172 Å². The van der Waals surface area contributed by atoms with E-state index in [2.05, 4.69) is 35.7 Å². The van der Waals surface area contributed by atoms with Crippen molar-refractivity contribution in [1.82, 2.24) is 24.5 Å². The first kappa shape index (κ1) is 19.2. The minimum Gasteiger partial charge on any atom is -0.465 e. The van der Waals surface area contributed by atoms with Crippen LogP contribution in [0.25, 0.3) is 33.5 Å². The van der Waals surface area contributed by atoms with Crippen LogP contribution in [0.15, 0.2) is 24.3 Å². The lowest BCUT2D eigenvalue weighted by Crippen LogP contribution is -2.25. The van der Waals surface area contributed by atoms with Gasteiger partial charge in [-0.25, -0.2) is 19.7 Å². The molecule has 0 saturated carbocycles. The van der Waals surface area contributed by atoms with Crippen LogP contribution in [0.3, 0.4) is 0 Å². The summed E-state index contributed by atoms with van der Waals surface area (Å²) in [4.78, 5) is 29.7. The van der Waals surface area contributed by atoms with E-state index in [-0.39, 0.29) is 11.2 Å². The number of aryl methyl sites for hydroxylation is 1. The Morgan fingerprint density at radius 3 is 2.59 bits per heavy atom. The predicted octanol–water partition coefficient (Wildman–Crippen LogP) is 4.58. The zero-order valence-electron chi connectivity index (χ0n) is 16.8. The first-order valence-corrected chi connectivity index (χ1v) is 9.45. The number of aromatic amines is 1. The van der Waals surface area contributed by atoms with Gasteiger partial charge in [0.2, 0.25) is 0 Å². The van der Waals surface area contributed by atoms with Gasteiger partial charge in [-0.2, -0.15) is 0 Å². The summed E-state index contributed by atoms with van der Waals surface area (Å²) < 4.78 is 2.00. The number of imidazole rings is 1. The Hall–Kier alpha value is -3.13. The van der Waals surface area contributed by atoms with E-state index in [1.54, 1.807) is 6.07 Å². The molecule has 0 radical (unpaired) electrons. The van der Waals surface area contributed by atoms with Crippen molar-refractivity contribution in [3.8, 4) is 11.4 Å². The Morgan fingerprint density at radius 1 is 1.24 bits per heavy atom. The lowest BCUT2D eigenvalue weighted by Gasteiger charge is -2.17. The van der Waals surface area contributed by atoms with Crippen LogP contribution < -0.4 is 4.90 Å². The van der Waals surface area contributed by atoms with Gasteiger partial charge in [-0.3, -0.25) is 4.90 Å². The summed E-state index contributed by atoms with van der Waals surface area (Å²) in [6.45, 7) is 6.20. The minimum atomic E-state index is -1.11. The average Bonchev–Trinajstić information content (AvgIpc) is 3.21. The number of nitrogens with one attached hydrogen (secondary N) is 1. The molecular weight excluding hydrogens is 392 g/mol. The summed E-state index contributed by atoms with van der Waals surface area (Å²) in [7, 11) is 3.40. The molecular formula is C20H21ClN6O2. The molecule has 0 atom stereocenters. The number of amides is 1. The maximum Gasteiger partial charge on any atom is 0.412 e. The molecule has 0 aromatic carbocycles. The normalized spacial score (nSPS) is 12.1. The topological polar surface area (TPSA) is 99.9 Å². The summed E-state index contributed by atoms with van der Waals surface area (Å²) in [5.74, 6) is 1.11. The highest BCUT2D eigenvalue weighted by Gasteiger charge is 2.27. The Balaban J connectivity index is 2.09. The van der Waals surface area contributed by atoms with Gasteiger partial charge in [0.15, 0.2) is 5.82 Å². The van der Waals surface area contributed by atoms with Crippen molar-refractivity contribution in [3.63, 3.8) is 0 Å². The smallest absolute Gasteiger partial charge is 0.412 e. The molecule has 0 aliphatic heterocycles. The molecule has 8 nitrogen and oxygen atoms in total. The zero-order chi connectivity index (χ0) is 21.1. The van der Waals surface area contributed by atoms with Gasteiger partial charge in [0.25, 0.3) is 0 Å². The van der Waals surface area contributed by atoms with Gasteiger partial charge in [0.1, 0.15) is 22.1 Å². The third kappa shape index (κ3) is 3.09. The van der Waals surface area contributed by atoms with Crippen molar-refractivity contribution in [3.05, 3.63) is 35.2 Å². The van der Waals surface area contributed by atoms with Crippen molar-refractivity contribution >= 4 is 45.6 Å². The van der Waals surface area contributed by atoms with E-state index in [0.29, 0.717) is 22.0 Å². The highest BCUT2D eigenvalue weighted by atomic mass is 35.5. The van der Waals surface area contributed by atoms with Crippen LogP contribution in [0.2, 0.25) is 5.15 Å². The maximum absolute atomic E-state index is 11.6. The summed E-state index contributed by atoms with van der Waals surface area (Å²) in [5.41, 5.74) is 3.10. The van der Waals surface area contributed by atoms with Gasteiger partial charge in [-0.05, 0) is 18.2 Å². The number of aromatic nitrogens is 5. The molecule has 0 fully saturated rings. The molecule has 4 aromatic rings. The van der Waals surface area contributed by atoms with E-state index in [0.717, 1.165) is 27.3 Å². The molecule has 0 bridgehead atoms. The van der Waals surface area contributed by atoms with E-state index < -0.39 is 6.09 Å². The molecule has 9 heteroatoms. The average molecular weight is 413 g/mol. The van der Waals surface area contributed by atoms with Crippen LogP contribution >= 0.6 is 11.6 Å². The van der Waals surface area contributed by atoms with Crippen LogP contribution in [-0.4, -0.2) is 42.8 Å². The number of pyridine rings is 2. The number of hydrogen-bond donors (Lipinski definition) is 2. The molecule has 29 heavy (non-hydrogen) atoms. The largest absolute Gasteiger partial charge is 0.465 e.